The van der Waals surface area contributed by atoms with Crippen molar-refractivity contribution in [3.8, 4) is 0 Å². The van der Waals surface area contributed by atoms with Crippen molar-refractivity contribution in [2.45, 2.75) is 25.9 Å². The number of aryl methyl sites for hydroxylation is 1. The first-order chi connectivity index (χ1) is 8.70. The lowest BCUT2D eigenvalue weighted by Gasteiger charge is -2.29. The predicted octanol–water partition coefficient (Wildman–Crippen LogP) is 2.15. The van der Waals surface area contributed by atoms with Crippen LogP contribution in [0.1, 0.15) is 29.3 Å². The van der Waals surface area contributed by atoms with Crippen molar-refractivity contribution < 1.29 is 9.53 Å². The molecule has 1 saturated heterocycles. The van der Waals surface area contributed by atoms with Crippen LogP contribution in [0.5, 0.6) is 0 Å². The summed E-state index contributed by atoms with van der Waals surface area (Å²) in [5.74, 6) is 0.101. The molecule has 1 aliphatic rings. The summed E-state index contributed by atoms with van der Waals surface area (Å²) in [5, 5.41) is 0. The molecular weight excluding hydrogens is 226 g/mol. The Morgan fingerprint density at radius 1 is 1.39 bits per heavy atom. The third kappa shape index (κ3) is 3.18. The number of nitrogens with zero attached hydrogens (tertiary/aromatic N) is 1. The molecule has 98 valence electrons. The molecule has 0 N–H and O–H groups in total. The van der Waals surface area contributed by atoms with Crippen LogP contribution in [0.25, 0.3) is 0 Å². The van der Waals surface area contributed by atoms with Crippen LogP contribution >= 0.6 is 0 Å². The van der Waals surface area contributed by atoms with Gasteiger partial charge in [0.05, 0.1) is 6.61 Å². The van der Waals surface area contributed by atoms with Gasteiger partial charge in [0.15, 0.2) is 5.78 Å². The normalized spacial score (nSPS) is 20.9. The van der Waals surface area contributed by atoms with Crippen molar-refractivity contribution in [2.24, 2.45) is 0 Å². The maximum atomic E-state index is 12.3. The van der Waals surface area contributed by atoms with Gasteiger partial charge < -0.3 is 9.64 Å². The summed E-state index contributed by atoms with van der Waals surface area (Å²) in [4.78, 5) is 14.4. The minimum absolute atomic E-state index is 0.101. The fraction of sp³-hybridized carbons (Fsp3) is 0.533. The second-order valence-electron chi connectivity index (χ2n) is 4.93. The van der Waals surface area contributed by atoms with Gasteiger partial charge >= 0.3 is 0 Å². The van der Waals surface area contributed by atoms with Crippen LogP contribution in [-0.2, 0) is 11.2 Å². The standard InChI is InChI=1S/C15H21NO2/c1-3-4-12-5-7-13(8-6-12)15(17)14-11-16(2)9-10-18-14/h5-8,14H,3-4,9-11H2,1-2H3. The van der Waals surface area contributed by atoms with E-state index in [1.807, 2.05) is 31.3 Å². The summed E-state index contributed by atoms with van der Waals surface area (Å²) in [7, 11) is 2.02. The maximum absolute atomic E-state index is 12.3. The van der Waals surface area contributed by atoms with E-state index in [0.29, 0.717) is 13.2 Å². The average Bonchev–Trinajstić information content (AvgIpc) is 2.39. The number of carbonyl (C=O) groups excluding carboxylic acids is 1. The van der Waals surface area contributed by atoms with E-state index in [-0.39, 0.29) is 11.9 Å². The van der Waals surface area contributed by atoms with Crippen molar-refractivity contribution in [3.05, 3.63) is 35.4 Å². The zero-order valence-electron chi connectivity index (χ0n) is 11.2. The van der Waals surface area contributed by atoms with Crippen LogP contribution in [0.4, 0.5) is 0 Å². The number of rotatable bonds is 4. The maximum Gasteiger partial charge on any atom is 0.192 e. The van der Waals surface area contributed by atoms with E-state index in [2.05, 4.69) is 11.8 Å². The monoisotopic (exact) mass is 247 g/mol. The van der Waals surface area contributed by atoms with Gasteiger partial charge in [-0.15, -0.1) is 0 Å². The van der Waals surface area contributed by atoms with E-state index in [1.54, 1.807) is 0 Å². The molecule has 3 nitrogen and oxygen atoms in total. The van der Waals surface area contributed by atoms with Crippen molar-refractivity contribution >= 4 is 5.78 Å². The van der Waals surface area contributed by atoms with Gasteiger partial charge in [0, 0.05) is 18.7 Å². The largest absolute Gasteiger partial charge is 0.367 e. The Labute approximate surface area is 109 Å². The van der Waals surface area contributed by atoms with Gasteiger partial charge in [-0.05, 0) is 19.0 Å². The molecule has 1 heterocycles. The molecule has 0 aliphatic carbocycles. The van der Waals surface area contributed by atoms with E-state index in [9.17, 15) is 4.79 Å². The molecule has 1 fully saturated rings. The summed E-state index contributed by atoms with van der Waals surface area (Å²) >= 11 is 0. The van der Waals surface area contributed by atoms with E-state index in [4.69, 9.17) is 4.74 Å². The molecule has 0 saturated carbocycles. The lowest BCUT2D eigenvalue weighted by Crippen LogP contribution is -2.44. The number of hydrogen-bond acceptors (Lipinski definition) is 3. The number of Topliss-reactive ketones (excluding diaryl/α,β-unsaturated/α-hetero) is 1. The molecule has 3 heteroatoms. The fourth-order valence-corrected chi connectivity index (χ4v) is 2.25. The van der Waals surface area contributed by atoms with Crippen LogP contribution < -0.4 is 0 Å². The lowest BCUT2D eigenvalue weighted by molar-refractivity contribution is -0.00862. The minimum Gasteiger partial charge on any atom is -0.367 e. The number of likely N-dealkylation sites (N-methyl/N-ethyl adjacent to an activating group) is 1. The molecule has 0 spiro atoms. The van der Waals surface area contributed by atoms with E-state index in [1.165, 1.54) is 5.56 Å². The summed E-state index contributed by atoms with van der Waals surface area (Å²) in [6.07, 6.45) is 1.89. The summed E-state index contributed by atoms with van der Waals surface area (Å²) < 4.78 is 5.55. The fourth-order valence-electron chi connectivity index (χ4n) is 2.25. The Bertz CT molecular complexity index is 399. The van der Waals surface area contributed by atoms with Gasteiger partial charge in [0.2, 0.25) is 0 Å². The van der Waals surface area contributed by atoms with Crippen LogP contribution in [0.15, 0.2) is 24.3 Å². The van der Waals surface area contributed by atoms with Crippen molar-refractivity contribution in [3.63, 3.8) is 0 Å². The molecular formula is C15H21NO2. The van der Waals surface area contributed by atoms with Gasteiger partial charge in [-0.1, -0.05) is 37.6 Å². The SMILES string of the molecule is CCCc1ccc(C(=O)C2CN(C)CCO2)cc1. The number of benzene rings is 1. The first-order valence-corrected chi connectivity index (χ1v) is 6.64. The van der Waals surface area contributed by atoms with Gasteiger partial charge in [-0.3, -0.25) is 4.79 Å². The molecule has 0 amide bonds. The van der Waals surface area contributed by atoms with E-state index >= 15 is 0 Å². The van der Waals surface area contributed by atoms with Crippen molar-refractivity contribution in [1.82, 2.24) is 4.90 Å². The number of ketones is 1. The quantitative estimate of drug-likeness (QED) is 0.764. The van der Waals surface area contributed by atoms with Gasteiger partial charge in [-0.25, -0.2) is 0 Å². The molecule has 1 aromatic rings. The van der Waals surface area contributed by atoms with Crippen LogP contribution in [0, 0.1) is 0 Å². The first kappa shape index (κ1) is 13.2. The molecule has 0 radical (unpaired) electrons. The topological polar surface area (TPSA) is 29.5 Å². The van der Waals surface area contributed by atoms with Gasteiger partial charge in [0.1, 0.15) is 6.10 Å². The Balaban J connectivity index is 2.03. The molecule has 1 aliphatic heterocycles. The molecule has 18 heavy (non-hydrogen) atoms. The molecule has 2 rings (SSSR count). The highest BCUT2D eigenvalue weighted by atomic mass is 16.5. The Kier molecular flexibility index (Phi) is 4.50. The molecule has 1 unspecified atom stereocenters. The smallest absolute Gasteiger partial charge is 0.192 e. The molecule has 0 bridgehead atoms. The van der Waals surface area contributed by atoms with Crippen molar-refractivity contribution in [2.75, 3.05) is 26.7 Å². The Hall–Kier alpha value is -1.19. The average molecular weight is 247 g/mol. The highest BCUT2D eigenvalue weighted by Gasteiger charge is 2.25. The van der Waals surface area contributed by atoms with Crippen LogP contribution in [-0.4, -0.2) is 43.5 Å². The summed E-state index contributed by atoms with van der Waals surface area (Å²) in [6.45, 7) is 4.39. The first-order valence-electron chi connectivity index (χ1n) is 6.64. The third-order valence-corrected chi connectivity index (χ3v) is 3.34. The number of hydrogen-bond donors (Lipinski definition) is 0. The molecule has 1 atom stereocenters. The number of ether oxygens (including phenoxy) is 1. The van der Waals surface area contributed by atoms with E-state index in [0.717, 1.165) is 24.9 Å². The second-order valence-corrected chi connectivity index (χ2v) is 4.93. The van der Waals surface area contributed by atoms with Crippen molar-refractivity contribution in [1.29, 1.82) is 0 Å². The van der Waals surface area contributed by atoms with Crippen LogP contribution in [0.3, 0.4) is 0 Å². The highest BCUT2D eigenvalue weighted by molar-refractivity contribution is 5.99. The number of carbonyl (C=O) groups is 1. The zero-order chi connectivity index (χ0) is 13.0. The van der Waals surface area contributed by atoms with Gasteiger partial charge in [0.25, 0.3) is 0 Å². The second kappa shape index (κ2) is 6.12. The minimum atomic E-state index is -0.305. The lowest BCUT2D eigenvalue weighted by atomic mass is 10.0. The third-order valence-electron chi connectivity index (χ3n) is 3.34. The summed E-state index contributed by atoms with van der Waals surface area (Å²) in [5.41, 5.74) is 2.05. The summed E-state index contributed by atoms with van der Waals surface area (Å²) in [6, 6.07) is 7.93. The molecule has 0 aromatic heterocycles. The Morgan fingerprint density at radius 2 is 2.11 bits per heavy atom. The number of morpholine rings is 1. The van der Waals surface area contributed by atoms with E-state index < -0.39 is 0 Å². The predicted molar refractivity (Wildman–Crippen MR) is 72.0 cm³/mol. The highest BCUT2D eigenvalue weighted by Crippen LogP contribution is 2.13. The van der Waals surface area contributed by atoms with Gasteiger partial charge in [-0.2, -0.15) is 0 Å². The molecule has 1 aromatic carbocycles. The zero-order valence-corrected chi connectivity index (χ0v) is 11.2. The Morgan fingerprint density at radius 3 is 2.72 bits per heavy atom. The van der Waals surface area contributed by atoms with Crippen LogP contribution in [0.2, 0.25) is 0 Å².